The average molecular weight is 370 g/mol. The minimum atomic E-state index is 0.0508. The van der Waals surface area contributed by atoms with E-state index in [0.717, 1.165) is 44.3 Å². The molecule has 4 rings (SSSR count). The second-order valence-corrected chi connectivity index (χ2v) is 8.29. The number of aryl methyl sites for hydroxylation is 2. The van der Waals surface area contributed by atoms with Gasteiger partial charge in [0.25, 0.3) is 0 Å². The summed E-state index contributed by atoms with van der Waals surface area (Å²) < 4.78 is 0. The largest absolute Gasteiger partial charge is 0.341 e. The van der Waals surface area contributed by atoms with Gasteiger partial charge in [-0.2, -0.15) is 0 Å². The van der Waals surface area contributed by atoms with E-state index in [1.807, 2.05) is 9.80 Å². The zero-order valence-corrected chi connectivity index (χ0v) is 16.2. The molecule has 0 bridgehead atoms. The molecule has 5 heteroatoms. The zero-order valence-electron chi connectivity index (χ0n) is 16.2. The number of urea groups is 1. The highest BCUT2D eigenvalue weighted by Gasteiger charge is 2.25. The smallest absolute Gasteiger partial charge is 0.317 e. The Labute approximate surface area is 162 Å². The first-order valence-electron chi connectivity index (χ1n) is 10.6. The molecule has 1 saturated carbocycles. The van der Waals surface area contributed by atoms with Crippen LogP contribution in [0.4, 0.5) is 4.79 Å². The number of nitrogens with zero attached hydrogens (tertiary/aromatic N) is 2. The highest BCUT2D eigenvalue weighted by molar-refractivity contribution is 5.79. The number of benzene rings is 1. The molecule has 0 aromatic heterocycles. The second-order valence-electron chi connectivity index (χ2n) is 8.29. The van der Waals surface area contributed by atoms with Crippen LogP contribution in [-0.4, -0.2) is 54.0 Å². The van der Waals surface area contributed by atoms with Gasteiger partial charge >= 0.3 is 6.03 Å². The molecular weight excluding hydrogens is 338 g/mol. The molecule has 146 valence electrons. The lowest BCUT2D eigenvalue weighted by Crippen LogP contribution is -2.45. The van der Waals surface area contributed by atoms with E-state index in [1.54, 1.807) is 0 Å². The van der Waals surface area contributed by atoms with E-state index >= 15 is 0 Å². The number of rotatable bonds is 3. The fraction of sp³-hybridized carbons (Fsp3) is 0.636. The van der Waals surface area contributed by atoms with Crippen molar-refractivity contribution in [2.24, 2.45) is 0 Å². The highest BCUT2D eigenvalue weighted by atomic mass is 16.2. The van der Waals surface area contributed by atoms with Gasteiger partial charge in [0.2, 0.25) is 5.91 Å². The van der Waals surface area contributed by atoms with Crippen LogP contribution in [0.15, 0.2) is 18.2 Å². The maximum absolute atomic E-state index is 12.8. The number of hydrogen-bond acceptors (Lipinski definition) is 2. The van der Waals surface area contributed by atoms with Crippen LogP contribution in [0, 0.1) is 0 Å². The number of amides is 3. The van der Waals surface area contributed by atoms with Gasteiger partial charge in [0.1, 0.15) is 0 Å². The van der Waals surface area contributed by atoms with Crippen molar-refractivity contribution in [1.29, 1.82) is 0 Å². The highest BCUT2D eigenvalue weighted by Crippen LogP contribution is 2.23. The molecule has 0 spiro atoms. The van der Waals surface area contributed by atoms with Crippen LogP contribution < -0.4 is 5.32 Å². The Hall–Kier alpha value is -2.04. The molecule has 0 atom stereocenters. The van der Waals surface area contributed by atoms with Gasteiger partial charge < -0.3 is 15.1 Å². The summed E-state index contributed by atoms with van der Waals surface area (Å²) in [5, 5.41) is 3.17. The van der Waals surface area contributed by atoms with E-state index in [9.17, 15) is 9.59 Å². The minimum Gasteiger partial charge on any atom is -0.341 e. The Morgan fingerprint density at radius 3 is 2.48 bits per heavy atom. The Kier molecular flexibility index (Phi) is 5.65. The van der Waals surface area contributed by atoms with Gasteiger partial charge in [-0.15, -0.1) is 0 Å². The molecule has 1 N–H and O–H groups in total. The Balaban J connectivity index is 1.29. The first kappa shape index (κ1) is 18.3. The molecule has 27 heavy (non-hydrogen) atoms. The maximum atomic E-state index is 12.8. The summed E-state index contributed by atoms with van der Waals surface area (Å²) in [5.74, 6) is 0.186. The van der Waals surface area contributed by atoms with E-state index in [-0.39, 0.29) is 11.9 Å². The van der Waals surface area contributed by atoms with Crippen molar-refractivity contribution in [2.75, 3.05) is 26.2 Å². The van der Waals surface area contributed by atoms with Gasteiger partial charge in [-0.1, -0.05) is 31.0 Å². The van der Waals surface area contributed by atoms with E-state index in [0.29, 0.717) is 25.6 Å². The maximum Gasteiger partial charge on any atom is 0.317 e. The Bertz CT molecular complexity index is 697. The van der Waals surface area contributed by atoms with Crippen LogP contribution in [0.3, 0.4) is 0 Å². The molecule has 0 radical (unpaired) electrons. The van der Waals surface area contributed by atoms with Crippen molar-refractivity contribution in [1.82, 2.24) is 15.1 Å². The van der Waals surface area contributed by atoms with Crippen molar-refractivity contribution >= 4 is 11.9 Å². The van der Waals surface area contributed by atoms with E-state index in [4.69, 9.17) is 0 Å². The molecule has 1 saturated heterocycles. The van der Waals surface area contributed by atoms with Crippen LogP contribution in [-0.2, 0) is 24.1 Å². The molecule has 0 unspecified atom stereocenters. The normalized spacial score (nSPS) is 20.4. The lowest BCUT2D eigenvalue weighted by atomic mass is 10.0. The first-order chi connectivity index (χ1) is 13.2. The number of carbonyl (C=O) groups is 2. The first-order valence-corrected chi connectivity index (χ1v) is 10.6. The third kappa shape index (κ3) is 4.45. The number of nitrogens with one attached hydrogen (secondary N) is 1. The predicted octanol–water partition coefficient (Wildman–Crippen LogP) is 2.90. The molecular formula is C22H31N3O2. The molecule has 3 amide bonds. The van der Waals surface area contributed by atoms with Gasteiger partial charge in [-0.05, 0) is 55.2 Å². The van der Waals surface area contributed by atoms with Crippen LogP contribution >= 0.6 is 0 Å². The molecule has 1 aromatic rings. The third-order valence-corrected chi connectivity index (χ3v) is 6.34. The summed E-state index contributed by atoms with van der Waals surface area (Å²) in [4.78, 5) is 29.1. The predicted molar refractivity (Wildman–Crippen MR) is 106 cm³/mol. The fourth-order valence-corrected chi connectivity index (χ4v) is 4.73. The van der Waals surface area contributed by atoms with Gasteiger partial charge in [0.05, 0.1) is 6.42 Å². The fourth-order valence-electron chi connectivity index (χ4n) is 4.73. The van der Waals surface area contributed by atoms with E-state index in [2.05, 4.69) is 23.5 Å². The number of hydrogen-bond donors (Lipinski definition) is 1. The number of carbonyl (C=O) groups excluding carboxylic acids is 2. The van der Waals surface area contributed by atoms with E-state index < -0.39 is 0 Å². The van der Waals surface area contributed by atoms with Crippen molar-refractivity contribution < 1.29 is 9.59 Å². The summed E-state index contributed by atoms with van der Waals surface area (Å²) in [7, 11) is 0. The second kappa shape index (κ2) is 8.32. The van der Waals surface area contributed by atoms with Crippen molar-refractivity contribution in [3.8, 4) is 0 Å². The Morgan fingerprint density at radius 1 is 0.889 bits per heavy atom. The van der Waals surface area contributed by atoms with Gasteiger partial charge in [-0.3, -0.25) is 4.79 Å². The van der Waals surface area contributed by atoms with Crippen molar-refractivity contribution in [3.05, 3.63) is 34.9 Å². The zero-order chi connectivity index (χ0) is 18.6. The average Bonchev–Trinajstić information content (AvgIpc) is 3.27. The molecule has 2 aliphatic carbocycles. The molecule has 5 nitrogen and oxygen atoms in total. The van der Waals surface area contributed by atoms with Crippen molar-refractivity contribution in [2.45, 2.75) is 63.8 Å². The Morgan fingerprint density at radius 2 is 1.63 bits per heavy atom. The summed E-state index contributed by atoms with van der Waals surface area (Å²) in [5.41, 5.74) is 4.00. The summed E-state index contributed by atoms with van der Waals surface area (Å²) >= 11 is 0. The topological polar surface area (TPSA) is 52.7 Å². The minimum absolute atomic E-state index is 0.0508. The molecule has 1 aromatic carbocycles. The van der Waals surface area contributed by atoms with Crippen molar-refractivity contribution in [3.63, 3.8) is 0 Å². The molecule has 2 fully saturated rings. The monoisotopic (exact) mass is 369 g/mol. The standard InChI is InChI=1S/C22H31N3O2/c26-21(16-17-9-10-18-5-3-6-19(18)15-17)24-11-4-12-25(14-13-24)22(27)23-20-7-1-2-8-20/h9-10,15,20H,1-8,11-14,16H2,(H,23,27). The van der Waals surface area contributed by atoms with Crippen LogP contribution in [0.2, 0.25) is 0 Å². The quantitative estimate of drug-likeness (QED) is 0.891. The molecule has 1 aliphatic heterocycles. The van der Waals surface area contributed by atoms with Gasteiger partial charge in [0, 0.05) is 32.2 Å². The third-order valence-electron chi connectivity index (χ3n) is 6.34. The SMILES string of the molecule is O=C(Cc1ccc2c(c1)CCC2)N1CCCN(C(=O)NC2CCCC2)CC1. The molecule has 1 heterocycles. The van der Waals surface area contributed by atoms with Crippen LogP contribution in [0.25, 0.3) is 0 Å². The lowest BCUT2D eigenvalue weighted by Gasteiger charge is -2.24. The summed E-state index contributed by atoms with van der Waals surface area (Å²) in [6, 6.07) is 6.93. The van der Waals surface area contributed by atoms with Crippen LogP contribution in [0.1, 0.15) is 55.2 Å². The molecule has 3 aliphatic rings. The van der Waals surface area contributed by atoms with Gasteiger partial charge in [-0.25, -0.2) is 4.79 Å². The number of fused-ring (bicyclic) bond motifs is 1. The van der Waals surface area contributed by atoms with E-state index in [1.165, 1.54) is 36.8 Å². The summed E-state index contributed by atoms with van der Waals surface area (Å²) in [6.07, 6.45) is 9.52. The van der Waals surface area contributed by atoms with Gasteiger partial charge in [0.15, 0.2) is 0 Å². The lowest BCUT2D eigenvalue weighted by molar-refractivity contribution is -0.130. The summed E-state index contributed by atoms with van der Waals surface area (Å²) in [6.45, 7) is 2.76. The van der Waals surface area contributed by atoms with Crippen LogP contribution in [0.5, 0.6) is 0 Å².